The fourth-order valence-corrected chi connectivity index (χ4v) is 9.82. The van der Waals surface area contributed by atoms with Gasteiger partial charge < -0.3 is 24.0 Å². The van der Waals surface area contributed by atoms with Crippen LogP contribution in [0.1, 0.15) is 100 Å². The summed E-state index contributed by atoms with van der Waals surface area (Å²) in [6.07, 6.45) is 10.1. The number of pyridine rings is 1. The van der Waals surface area contributed by atoms with Gasteiger partial charge in [-0.2, -0.15) is 10.4 Å². The lowest BCUT2D eigenvalue weighted by molar-refractivity contribution is -0.168. The summed E-state index contributed by atoms with van der Waals surface area (Å²) in [5, 5.41) is 14.8. The summed E-state index contributed by atoms with van der Waals surface area (Å²) in [4.78, 5) is 37.0. The molecule has 3 aliphatic heterocycles. The van der Waals surface area contributed by atoms with Crippen LogP contribution in [0.25, 0.3) is 21.3 Å². The first-order valence-electron chi connectivity index (χ1n) is 19.5. The second-order valence-corrected chi connectivity index (χ2v) is 18.4. The third-order valence-electron chi connectivity index (χ3n) is 12.0. The number of rotatable bonds is 8. The average Bonchev–Trinajstić information content (AvgIpc) is 4.01. The number of hydrogen-bond acceptors (Lipinski definition) is 10. The number of anilines is 1. The lowest BCUT2D eigenvalue weighted by Crippen LogP contribution is -2.44. The molecule has 1 aromatic carbocycles. The summed E-state index contributed by atoms with van der Waals surface area (Å²) >= 11 is 1.62. The topological polar surface area (TPSA) is 123 Å². The molecule has 5 atom stereocenters. The van der Waals surface area contributed by atoms with Crippen LogP contribution in [0.3, 0.4) is 0 Å². The van der Waals surface area contributed by atoms with Crippen LogP contribution in [-0.4, -0.2) is 76.0 Å². The number of hydrogen-bond donors (Lipinski definition) is 0. The van der Waals surface area contributed by atoms with Gasteiger partial charge in [-0.05, 0) is 118 Å². The number of aromatic nitrogens is 3. The van der Waals surface area contributed by atoms with E-state index in [4.69, 9.17) is 19.2 Å². The number of amides is 1. The molecule has 0 bridgehead atoms. The highest BCUT2D eigenvalue weighted by Gasteiger charge is 2.50. The number of carbonyl (C=O) groups excluding carboxylic acids is 1. The average molecular weight is 749 g/mol. The van der Waals surface area contributed by atoms with E-state index in [1.807, 2.05) is 44.1 Å². The maximum absolute atomic E-state index is 13.7. The van der Waals surface area contributed by atoms with Gasteiger partial charge in [0.1, 0.15) is 5.60 Å². The van der Waals surface area contributed by atoms with E-state index in [9.17, 15) is 14.9 Å². The van der Waals surface area contributed by atoms with Crippen LogP contribution in [0, 0.1) is 17.2 Å². The molecule has 11 nitrogen and oxygen atoms in total. The van der Waals surface area contributed by atoms with Crippen molar-refractivity contribution in [2.24, 2.45) is 5.92 Å². The Bertz CT molecular complexity index is 2210. The van der Waals surface area contributed by atoms with Crippen molar-refractivity contribution in [3.05, 3.63) is 74.6 Å². The summed E-state index contributed by atoms with van der Waals surface area (Å²) in [6, 6.07) is 12.3. The predicted octanol–water partition coefficient (Wildman–Crippen LogP) is 7.34. The Morgan fingerprint density at radius 3 is 2.72 bits per heavy atom. The van der Waals surface area contributed by atoms with Crippen molar-refractivity contribution in [2.75, 3.05) is 31.2 Å². The molecule has 6 heterocycles. The minimum absolute atomic E-state index is 0.0282. The summed E-state index contributed by atoms with van der Waals surface area (Å²) in [5.41, 5.74) is 6.24. The molecule has 5 aliphatic rings. The lowest BCUT2D eigenvalue weighted by atomic mass is 9.90. The van der Waals surface area contributed by atoms with Crippen LogP contribution < -0.4 is 10.5 Å². The number of benzene rings is 1. The van der Waals surface area contributed by atoms with E-state index in [0.717, 1.165) is 89.0 Å². The Balaban J connectivity index is 1.06. The highest BCUT2D eigenvalue weighted by molar-refractivity contribution is 7.19. The highest BCUT2D eigenvalue weighted by Crippen LogP contribution is 2.58. The molecule has 0 N–H and O–H groups in total. The summed E-state index contributed by atoms with van der Waals surface area (Å²) in [5.74, 6) is 0.912. The third-order valence-corrected chi connectivity index (χ3v) is 13.2. The largest absolute Gasteiger partial charge is 0.444 e. The molecule has 282 valence electrons. The molecular formula is C42H48N6O5S. The molecule has 0 radical (unpaired) electrons. The Kier molecular flexibility index (Phi) is 8.83. The minimum Gasteiger partial charge on any atom is -0.444 e. The van der Waals surface area contributed by atoms with Gasteiger partial charge in [0.25, 0.3) is 5.56 Å². The SMILES string of the molecule is CC(C)(C)OC(=O)N1C[C@@H](N2CC3CC3c3cc(C#N)cc(-c4ccnc5cc(Cn6ncc(C7(C)CC7)cc6=O)sc45)c32)C[C@@H]1COC1CCCCO1. The molecule has 2 aliphatic carbocycles. The standard InChI is InChI=1S/C42H48N6O5S/c1-41(2,3)53-40(50)47-22-28(17-29(47)24-52-37-7-5-6-12-51-37)46-21-26-15-32(26)34-14-25(19-43)13-33(38(34)46)31-8-11-44-35-18-30(54-39(31)35)23-48-36(49)16-27(20-45-48)42(4)9-10-42/h8,11,13-14,16,18,20,26,28-29,32,37H,5-7,9-10,12,15,17,21-24H2,1-4H3/t26?,28-,29+,32?,37?/m0/s1. The van der Waals surface area contributed by atoms with Crippen LogP contribution in [0.15, 0.2) is 47.5 Å². The van der Waals surface area contributed by atoms with Crippen LogP contribution >= 0.6 is 11.3 Å². The van der Waals surface area contributed by atoms with Crippen LogP contribution in [0.5, 0.6) is 0 Å². The van der Waals surface area contributed by atoms with Gasteiger partial charge in [-0.15, -0.1) is 11.3 Å². The number of ether oxygens (including phenoxy) is 3. The first-order chi connectivity index (χ1) is 26.0. The van der Waals surface area contributed by atoms with Crippen molar-refractivity contribution in [3.63, 3.8) is 0 Å². The summed E-state index contributed by atoms with van der Waals surface area (Å²) < 4.78 is 20.7. The first kappa shape index (κ1) is 35.4. The Labute approximate surface area is 319 Å². The molecule has 2 saturated carbocycles. The van der Waals surface area contributed by atoms with Gasteiger partial charge in [-0.25, -0.2) is 9.48 Å². The van der Waals surface area contributed by atoms with Gasteiger partial charge in [-0.3, -0.25) is 9.78 Å². The predicted molar refractivity (Wildman–Crippen MR) is 207 cm³/mol. The molecule has 4 aromatic rings. The Morgan fingerprint density at radius 2 is 1.98 bits per heavy atom. The molecular weight excluding hydrogens is 701 g/mol. The number of likely N-dealkylation sites (tertiary alicyclic amines) is 1. The van der Waals surface area contributed by atoms with Crippen molar-refractivity contribution >= 4 is 33.3 Å². The van der Waals surface area contributed by atoms with Crippen LogP contribution in [0.2, 0.25) is 0 Å². The molecule has 12 heteroatoms. The lowest BCUT2D eigenvalue weighted by Gasteiger charge is -2.38. The number of carbonyl (C=O) groups is 1. The fourth-order valence-electron chi connectivity index (χ4n) is 8.70. The number of fused-ring (bicyclic) bond motifs is 4. The van der Waals surface area contributed by atoms with Crippen molar-refractivity contribution < 1.29 is 19.0 Å². The normalized spacial score (nSPS) is 25.6. The van der Waals surface area contributed by atoms with Crippen molar-refractivity contribution in [3.8, 4) is 17.2 Å². The van der Waals surface area contributed by atoms with E-state index in [2.05, 4.69) is 41.2 Å². The van der Waals surface area contributed by atoms with Gasteiger partial charge in [-0.1, -0.05) is 6.92 Å². The van der Waals surface area contributed by atoms with E-state index < -0.39 is 5.60 Å². The molecule has 4 fully saturated rings. The maximum atomic E-state index is 13.7. The highest BCUT2D eigenvalue weighted by atomic mass is 32.1. The Hall–Kier alpha value is -4.31. The number of nitriles is 1. The molecule has 2 saturated heterocycles. The van der Waals surface area contributed by atoms with E-state index in [0.29, 0.717) is 43.7 Å². The smallest absolute Gasteiger partial charge is 0.410 e. The van der Waals surface area contributed by atoms with Crippen LogP contribution in [-0.2, 0) is 26.2 Å². The molecule has 3 unspecified atom stereocenters. The number of nitrogens with zero attached hydrogens (tertiary/aromatic N) is 6. The van der Waals surface area contributed by atoms with Gasteiger partial charge in [0, 0.05) is 59.7 Å². The third kappa shape index (κ3) is 6.80. The van der Waals surface area contributed by atoms with Gasteiger partial charge in [0.15, 0.2) is 6.29 Å². The molecule has 9 rings (SSSR count). The monoisotopic (exact) mass is 748 g/mol. The van der Waals surface area contributed by atoms with E-state index in [1.165, 1.54) is 10.2 Å². The van der Waals surface area contributed by atoms with Crippen molar-refractivity contribution in [2.45, 2.75) is 114 Å². The van der Waals surface area contributed by atoms with Crippen molar-refractivity contribution in [1.29, 1.82) is 5.26 Å². The molecule has 54 heavy (non-hydrogen) atoms. The van der Waals surface area contributed by atoms with E-state index >= 15 is 0 Å². The van der Waals surface area contributed by atoms with E-state index in [-0.39, 0.29) is 35.4 Å². The zero-order valence-electron chi connectivity index (χ0n) is 31.5. The second kappa shape index (κ2) is 13.5. The Morgan fingerprint density at radius 1 is 1.13 bits per heavy atom. The van der Waals surface area contributed by atoms with E-state index in [1.54, 1.807) is 17.4 Å². The molecule has 0 spiro atoms. The molecule has 3 aromatic heterocycles. The van der Waals surface area contributed by atoms with Gasteiger partial charge in [0.2, 0.25) is 0 Å². The van der Waals surface area contributed by atoms with Crippen LogP contribution in [0.4, 0.5) is 10.5 Å². The quantitative estimate of drug-likeness (QED) is 0.182. The zero-order valence-corrected chi connectivity index (χ0v) is 32.4. The van der Waals surface area contributed by atoms with Gasteiger partial charge >= 0.3 is 6.09 Å². The number of thiophene rings is 1. The zero-order chi connectivity index (χ0) is 37.4. The first-order valence-corrected chi connectivity index (χ1v) is 20.3. The summed E-state index contributed by atoms with van der Waals surface area (Å²) in [6.45, 7) is 10.7. The fraction of sp³-hybridized carbons (Fsp3) is 0.548. The van der Waals surface area contributed by atoms with Gasteiger partial charge in [0.05, 0.1) is 47.2 Å². The second-order valence-electron chi connectivity index (χ2n) is 17.2. The minimum atomic E-state index is -0.624. The van der Waals surface area contributed by atoms with Crippen molar-refractivity contribution in [1.82, 2.24) is 19.7 Å². The summed E-state index contributed by atoms with van der Waals surface area (Å²) in [7, 11) is 0. The molecule has 1 amide bonds. The maximum Gasteiger partial charge on any atom is 0.410 e.